The van der Waals surface area contributed by atoms with Crippen molar-refractivity contribution in [1.29, 1.82) is 0 Å². The lowest BCUT2D eigenvalue weighted by Gasteiger charge is -2.24. The van der Waals surface area contributed by atoms with Gasteiger partial charge >= 0.3 is 0 Å². The molecule has 1 atom stereocenters. The summed E-state index contributed by atoms with van der Waals surface area (Å²) in [4.78, 5) is 0. The van der Waals surface area contributed by atoms with Crippen LogP contribution in [0.4, 0.5) is 0 Å². The molecule has 0 nitrogen and oxygen atoms in total. The second-order valence-corrected chi connectivity index (χ2v) is 13.4. The molecule has 0 spiro atoms. The minimum absolute atomic E-state index is 0. The van der Waals surface area contributed by atoms with Crippen LogP contribution in [-0.2, 0) is 0 Å². The molecular weight excluding hydrogens is 691 g/mol. The fourth-order valence-electron chi connectivity index (χ4n) is 4.14. The molecule has 0 saturated heterocycles. The number of allylic oxidation sites excluding steroid dienone is 11. The van der Waals surface area contributed by atoms with Crippen molar-refractivity contribution < 1.29 is 0 Å². The normalized spacial score (nSPS) is 12.9. The summed E-state index contributed by atoms with van der Waals surface area (Å²) >= 11 is 0. The highest BCUT2D eigenvalue weighted by molar-refractivity contribution is 14.0. The molecule has 0 aliphatic heterocycles. The minimum Gasteiger partial charge on any atom is -0.107 e. The largest absolute Gasteiger partial charge is 0.107 e. The van der Waals surface area contributed by atoms with Crippen molar-refractivity contribution in [3.05, 3.63) is 70.4 Å². The first-order chi connectivity index (χ1) is 22.3. The highest BCUT2D eigenvalue weighted by atomic mass is 127. The predicted octanol–water partition coefficient (Wildman–Crippen LogP) is 18.9. The van der Waals surface area contributed by atoms with Crippen molar-refractivity contribution in [2.75, 3.05) is 0 Å². The molecular formula is C47H95I. The Morgan fingerprint density at radius 2 is 0.917 bits per heavy atom. The topological polar surface area (TPSA) is 0 Å². The van der Waals surface area contributed by atoms with E-state index in [1.807, 2.05) is 13.8 Å². The van der Waals surface area contributed by atoms with Gasteiger partial charge in [0.2, 0.25) is 0 Å². The Balaban J connectivity index is -0.000000157. The first-order valence-electron chi connectivity index (χ1n) is 20.3. The average Bonchev–Trinajstić information content (AvgIpc) is 3.00. The van der Waals surface area contributed by atoms with Crippen molar-refractivity contribution in [2.24, 2.45) is 5.92 Å². The van der Waals surface area contributed by atoms with E-state index < -0.39 is 0 Å². The van der Waals surface area contributed by atoms with Gasteiger partial charge in [-0.05, 0) is 118 Å². The van der Waals surface area contributed by atoms with Crippen molar-refractivity contribution in [1.82, 2.24) is 0 Å². The predicted molar refractivity (Wildman–Crippen MR) is 244 cm³/mol. The molecule has 48 heavy (non-hydrogen) atoms. The van der Waals surface area contributed by atoms with Crippen molar-refractivity contribution in [2.45, 2.75) is 227 Å². The van der Waals surface area contributed by atoms with Crippen LogP contribution in [0.1, 0.15) is 227 Å². The van der Waals surface area contributed by atoms with Crippen LogP contribution < -0.4 is 0 Å². The lowest BCUT2D eigenvalue weighted by atomic mass is 9.81. The highest BCUT2D eigenvalue weighted by Gasteiger charge is 2.17. The zero-order valence-electron chi connectivity index (χ0n) is 36.9. The molecule has 0 aromatic heterocycles. The zero-order chi connectivity index (χ0) is 37.9. The Kier molecular flexibility index (Phi) is 72.2. The summed E-state index contributed by atoms with van der Waals surface area (Å²) in [6.07, 6.45) is 31.6. The van der Waals surface area contributed by atoms with Crippen LogP contribution in [-0.4, -0.2) is 0 Å². The average molecular weight is 787 g/mol. The summed E-state index contributed by atoms with van der Waals surface area (Å²) in [5, 5.41) is 0. The van der Waals surface area contributed by atoms with Crippen LogP contribution in [0.2, 0.25) is 0 Å². The van der Waals surface area contributed by atoms with E-state index in [0.717, 1.165) is 12.8 Å². The maximum atomic E-state index is 4.47. The van der Waals surface area contributed by atoms with E-state index in [2.05, 4.69) is 148 Å². The fourth-order valence-corrected chi connectivity index (χ4v) is 4.14. The summed E-state index contributed by atoms with van der Waals surface area (Å²) in [7, 11) is 0. The van der Waals surface area contributed by atoms with E-state index in [1.54, 1.807) is 5.57 Å². The van der Waals surface area contributed by atoms with E-state index >= 15 is 0 Å². The van der Waals surface area contributed by atoms with Gasteiger partial charge < -0.3 is 0 Å². The second kappa shape index (κ2) is 55.6. The van der Waals surface area contributed by atoms with Crippen LogP contribution in [0.3, 0.4) is 0 Å². The molecule has 0 saturated carbocycles. The smallest absolute Gasteiger partial charge is 0.0166 e. The van der Waals surface area contributed by atoms with Gasteiger partial charge in [-0.2, -0.15) is 0 Å². The van der Waals surface area contributed by atoms with Crippen LogP contribution in [0.5, 0.6) is 0 Å². The van der Waals surface area contributed by atoms with Gasteiger partial charge in [0.15, 0.2) is 0 Å². The highest BCUT2D eigenvalue weighted by Crippen LogP contribution is 2.33. The third kappa shape index (κ3) is 63.8. The third-order valence-corrected chi connectivity index (χ3v) is 6.13. The SMILES string of the molecule is C=C(CC/C=C(\C)CCC=C(C)C)C1CCC=C(CC/C=C(\C)CCC=C(C)C)C1.CC.CCC.CCC.CCC.CCC.CCC.I. The summed E-state index contributed by atoms with van der Waals surface area (Å²) in [6.45, 7) is 43.0. The molecule has 1 unspecified atom stereocenters. The quantitative estimate of drug-likeness (QED) is 0.129. The molecule has 1 rings (SSSR count). The van der Waals surface area contributed by atoms with Crippen LogP contribution in [0.25, 0.3) is 0 Å². The molecule has 0 aromatic rings. The first kappa shape index (κ1) is 62.3. The Hall–Kier alpha value is -0.830. The van der Waals surface area contributed by atoms with E-state index in [1.165, 1.54) is 118 Å². The van der Waals surface area contributed by atoms with Gasteiger partial charge in [-0.1, -0.05) is 186 Å². The second-order valence-electron chi connectivity index (χ2n) is 13.4. The van der Waals surface area contributed by atoms with Gasteiger partial charge in [0.25, 0.3) is 0 Å². The van der Waals surface area contributed by atoms with E-state index in [9.17, 15) is 0 Å². The first-order valence-corrected chi connectivity index (χ1v) is 20.3. The van der Waals surface area contributed by atoms with Crippen molar-refractivity contribution in [3.8, 4) is 0 Å². The monoisotopic (exact) mass is 787 g/mol. The fraction of sp³-hybridized carbons (Fsp3) is 0.745. The molecule has 1 aliphatic rings. The van der Waals surface area contributed by atoms with E-state index in [4.69, 9.17) is 0 Å². The Morgan fingerprint density at radius 1 is 0.583 bits per heavy atom. The van der Waals surface area contributed by atoms with Gasteiger partial charge in [-0.25, -0.2) is 0 Å². The van der Waals surface area contributed by atoms with Crippen LogP contribution >= 0.6 is 24.0 Å². The molecule has 0 radical (unpaired) electrons. The summed E-state index contributed by atoms with van der Waals surface area (Å²) in [5.74, 6) is 0.701. The minimum atomic E-state index is 0. The Bertz CT molecular complexity index is 736. The van der Waals surface area contributed by atoms with Gasteiger partial charge in [-0.3, -0.25) is 0 Å². The Morgan fingerprint density at radius 3 is 1.27 bits per heavy atom. The van der Waals surface area contributed by atoms with E-state index in [0.29, 0.717) is 5.92 Å². The lowest BCUT2D eigenvalue weighted by Crippen LogP contribution is -2.09. The molecule has 290 valence electrons. The molecule has 0 aromatic carbocycles. The summed E-state index contributed by atoms with van der Waals surface area (Å²) < 4.78 is 0. The van der Waals surface area contributed by atoms with E-state index in [-0.39, 0.29) is 24.0 Å². The third-order valence-electron chi connectivity index (χ3n) is 6.13. The standard InChI is InChI=1S/C30H48.5C3H8.C2H6.HI/c1-24(2)13-8-15-26(5)17-10-19-28(7)30-22-12-21-29(23-30)20-11-18-27(6)16-9-14-25(3)4;5*1-3-2;1-2;/h13-14,17-18,21,30H,7-12,15-16,19-20,22-23H2,1-6H3;5*3H2,1-2H3;1-2H3;1H/b26-17+,27-18+;;;;;;;. The molecule has 0 N–H and O–H groups in total. The number of halogens is 1. The van der Waals surface area contributed by atoms with Gasteiger partial charge in [0.1, 0.15) is 0 Å². The maximum absolute atomic E-state index is 4.47. The zero-order valence-corrected chi connectivity index (χ0v) is 39.2. The van der Waals surface area contributed by atoms with Gasteiger partial charge in [0.05, 0.1) is 0 Å². The summed E-state index contributed by atoms with van der Waals surface area (Å²) in [5.41, 5.74) is 9.05. The molecule has 0 heterocycles. The van der Waals surface area contributed by atoms with Crippen molar-refractivity contribution >= 4 is 24.0 Å². The van der Waals surface area contributed by atoms with Crippen LogP contribution in [0, 0.1) is 5.92 Å². The molecule has 1 heteroatoms. The van der Waals surface area contributed by atoms with Gasteiger partial charge in [-0.15, -0.1) is 24.0 Å². The lowest BCUT2D eigenvalue weighted by molar-refractivity contribution is 0.509. The molecule has 0 bridgehead atoms. The maximum Gasteiger partial charge on any atom is -0.0166 e. The number of hydrogen-bond donors (Lipinski definition) is 0. The molecule has 0 amide bonds. The van der Waals surface area contributed by atoms with Gasteiger partial charge in [0, 0.05) is 0 Å². The number of hydrogen-bond acceptors (Lipinski definition) is 0. The summed E-state index contributed by atoms with van der Waals surface area (Å²) in [6, 6.07) is 0. The van der Waals surface area contributed by atoms with Crippen molar-refractivity contribution in [3.63, 3.8) is 0 Å². The molecule has 1 aliphatic carbocycles. The number of rotatable bonds is 13. The Labute approximate surface area is 326 Å². The molecule has 0 fully saturated rings. The van der Waals surface area contributed by atoms with Crippen LogP contribution in [0.15, 0.2) is 70.4 Å².